The largest absolute Gasteiger partial charge is 0.375 e. The second kappa shape index (κ2) is 6.55. The lowest BCUT2D eigenvalue weighted by atomic mass is 10.0. The van der Waals surface area contributed by atoms with E-state index in [9.17, 15) is 9.18 Å². The zero-order chi connectivity index (χ0) is 15.4. The van der Waals surface area contributed by atoms with Gasteiger partial charge in [0, 0.05) is 14.0 Å². The summed E-state index contributed by atoms with van der Waals surface area (Å²) in [6, 6.07) is 6.43. The molecule has 0 aliphatic heterocycles. The van der Waals surface area contributed by atoms with Gasteiger partial charge in [0.1, 0.15) is 12.4 Å². The van der Waals surface area contributed by atoms with Gasteiger partial charge in [0.05, 0.1) is 24.0 Å². The molecule has 1 aromatic heterocycles. The van der Waals surface area contributed by atoms with Gasteiger partial charge in [-0.2, -0.15) is 0 Å². The zero-order valence-corrected chi connectivity index (χ0v) is 11.9. The molecule has 0 aliphatic rings. The molecule has 1 aromatic carbocycles. The topological polar surface area (TPSA) is 83.0 Å². The molecule has 0 radical (unpaired) electrons. The van der Waals surface area contributed by atoms with Gasteiger partial charge >= 0.3 is 0 Å². The SMILES string of the molecule is CO[C@H](c1ccc(-n2cc(C(C)=O)nn2)cc1)[C@H](N)CF. The number of carbonyl (C=O) groups excluding carboxylic acids is 1. The second-order valence-electron chi connectivity index (χ2n) is 4.67. The first kappa shape index (κ1) is 15.3. The van der Waals surface area contributed by atoms with Gasteiger partial charge in [-0.25, -0.2) is 9.07 Å². The maximum atomic E-state index is 12.7. The number of hydrogen-bond donors (Lipinski definition) is 1. The maximum absolute atomic E-state index is 12.7. The van der Waals surface area contributed by atoms with Crippen LogP contribution in [0.1, 0.15) is 29.1 Å². The number of benzene rings is 1. The van der Waals surface area contributed by atoms with Crippen LogP contribution in [0.25, 0.3) is 5.69 Å². The number of aromatic nitrogens is 3. The fourth-order valence-corrected chi connectivity index (χ4v) is 2.01. The minimum Gasteiger partial charge on any atom is -0.375 e. The van der Waals surface area contributed by atoms with Crippen LogP contribution in [0.4, 0.5) is 4.39 Å². The predicted octanol–water partition coefficient (Wildman–Crippen LogP) is 1.45. The Hall–Kier alpha value is -2.12. The molecule has 0 unspecified atom stereocenters. The highest BCUT2D eigenvalue weighted by Gasteiger charge is 2.19. The molecule has 0 saturated heterocycles. The molecule has 0 amide bonds. The van der Waals surface area contributed by atoms with Crippen LogP contribution in [-0.2, 0) is 4.74 Å². The molecular formula is C14H17FN4O2. The predicted molar refractivity (Wildman–Crippen MR) is 75.1 cm³/mol. The van der Waals surface area contributed by atoms with Crippen molar-refractivity contribution in [3.05, 3.63) is 41.7 Å². The van der Waals surface area contributed by atoms with E-state index in [1.54, 1.807) is 30.5 Å². The number of methoxy groups -OCH3 is 1. The average molecular weight is 292 g/mol. The van der Waals surface area contributed by atoms with Crippen molar-refractivity contribution in [2.75, 3.05) is 13.8 Å². The number of hydrogen-bond acceptors (Lipinski definition) is 5. The summed E-state index contributed by atoms with van der Waals surface area (Å²) in [6.45, 7) is 0.768. The van der Waals surface area contributed by atoms with E-state index in [1.165, 1.54) is 18.7 Å². The molecule has 2 atom stereocenters. The van der Waals surface area contributed by atoms with Crippen molar-refractivity contribution in [3.8, 4) is 5.69 Å². The van der Waals surface area contributed by atoms with Crippen LogP contribution in [0.2, 0.25) is 0 Å². The van der Waals surface area contributed by atoms with Gasteiger partial charge in [-0.05, 0) is 17.7 Å². The Kier molecular flexibility index (Phi) is 4.77. The Morgan fingerprint density at radius 3 is 2.57 bits per heavy atom. The van der Waals surface area contributed by atoms with E-state index >= 15 is 0 Å². The van der Waals surface area contributed by atoms with Crippen molar-refractivity contribution < 1.29 is 13.9 Å². The molecule has 21 heavy (non-hydrogen) atoms. The Labute approximate surface area is 121 Å². The third kappa shape index (κ3) is 3.32. The van der Waals surface area contributed by atoms with Crippen molar-refractivity contribution in [2.24, 2.45) is 5.73 Å². The third-order valence-electron chi connectivity index (χ3n) is 3.16. The maximum Gasteiger partial charge on any atom is 0.181 e. The Morgan fingerprint density at radius 2 is 2.10 bits per heavy atom. The fourth-order valence-electron chi connectivity index (χ4n) is 2.01. The normalized spacial score (nSPS) is 13.9. The lowest BCUT2D eigenvalue weighted by molar-refractivity contribution is 0.0721. The first-order chi connectivity index (χ1) is 10.1. The van der Waals surface area contributed by atoms with Crippen molar-refractivity contribution in [3.63, 3.8) is 0 Å². The van der Waals surface area contributed by atoms with E-state index in [-0.39, 0.29) is 5.78 Å². The van der Waals surface area contributed by atoms with Gasteiger partial charge in [0.2, 0.25) is 0 Å². The van der Waals surface area contributed by atoms with Gasteiger partial charge in [-0.1, -0.05) is 17.3 Å². The average Bonchev–Trinajstić information content (AvgIpc) is 2.98. The Balaban J connectivity index is 2.23. The first-order valence-corrected chi connectivity index (χ1v) is 6.44. The van der Waals surface area contributed by atoms with Gasteiger partial charge in [-0.3, -0.25) is 4.79 Å². The second-order valence-corrected chi connectivity index (χ2v) is 4.67. The van der Waals surface area contributed by atoms with Crippen LogP contribution in [0.5, 0.6) is 0 Å². The van der Waals surface area contributed by atoms with Crippen molar-refractivity contribution in [2.45, 2.75) is 19.1 Å². The number of carbonyl (C=O) groups is 1. The standard InChI is InChI=1S/C14H17FN4O2/c1-9(20)13-8-19(18-17-13)11-5-3-10(4-6-11)14(21-2)12(16)7-15/h3-6,8,12,14H,7,16H2,1-2H3/t12-,14-/m1/s1. The number of alkyl halides is 1. The first-order valence-electron chi connectivity index (χ1n) is 6.44. The van der Waals surface area contributed by atoms with Gasteiger partial charge in [0.25, 0.3) is 0 Å². The number of rotatable bonds is 6. The van der Waals surface area contributed by atoms with Gasteiger partial charge < -0.3 is 10.5 Å². The van der Waals surface area contributed by atoms with Crippen molar-refractivity contribution in [1.29, 1.82) is 0 Å². The van der Waals surface area contributed by atoms with Gasteiger partial charge in [0.15, 0.2) is 5.78 Å². The summed E-state index contributed by atoms with van der Waals surface area (Å²) in [5, 5.41) is 7.66. The summed E-state index contributed by atoms with van der Waals surface area (Å²) in [5.74, 6) is -0.147. The van der Waals surface area contributed by atoms with Crippen molar-refractivity contribution >= 4 is 5.78 Å². The number of Topliss-reactive ketones (excluding diaryl/α,β-unsaturated/α-hetero) is 1. The fraction of sp³-hybridized carbons (Fsp3) is 0.357. The molecule has 1 heterocycles. The number of ketones is 1. The minimum absolute atomic E-state index is 0.147. The molecule has 0 fully saturated rings. The highest BCUT2D eigenvalue weighted by atomic mass is 19.1. The Bertz CT molecular complexity index is 612. The van der Waals surface area contributed by atoms with Crippen LogP contribution in [0, 0.1) is 0 Å². The van der Waals surface area contributed by atoms with Crippen LogP contribution < -0.4 is 5.73 Å². The molecule has 2 aromatic rings. The summed E-state index contributed by atoms with van der Waals surface area (Å²) in [4.78, 5) is 11.2. The molecule has 112 valence electrons. The number of ether oxygens (including phenoxy) is 1. The van der Waals surface area contributed by atoms with Crippen LogP contribution >= 0.6 is 0 Å². The molecule has 2 N–H and O–H groups in total. The van der Waals surface area contributed by atoms with E-state index in [0.717, 1.165) is 11.3 Å². The lowest BCUT2D eigenvalue weighted by Crippen LogP contribution is -2.31. The van der Waals surface area contributed by atoms with Crippen molar-refractivity contribution in [1.82, 2.24) is 15.0 Å². The molecule has 7 heteroatoms. The quantitative estimate of drug-likeness (QED) is 0.815. The number of nitrogens with zero attached hydrogens (tertiary/aromatic N) is 3. The molecule has 0 spiro atoms. The molecule has 0 saturated carbocycles. The molecular weight excluding hydrogens is 275 g/mol. The highest BCUT2D eigenvalue weighted by Crippen LogP contribution is 2.21. The summed E-state index contributed by atoms with van der Waals surface area (Å²) >= 11 is 0. The van der Waals surface area contributed by atoms with Crippen LogP contribution in [0.15, 0.2) is 30.5 Å². The zero-order valence-electron chi connectivity index (χ0n) is 11.9. The minimum atomic E-state index is -0.712. The molecule has 0 bridgehead atoms. The number of halogens is 1. The van der Waals surface area contributed by atoms with Crippen LogP contribution in [0.3, 0.4) is 0 Å². The van der Waals surface area contributed by atoms with Crippen LogP contribution in [-0.4, -0.2) is 40.6 Å². The molecule has 0 aliphatic carbocycles. The van der Waals surface area contributed by atoms with E-state index in [2.05, 4.69) is 10.3 Å². The third-order valence-corrected chi connectivity index (χ3v) is 3.16. The highest BCUT2D eigenvalue weighted by molar-refractivity contribution is 5.91. The summed E-state index contributed by atoms with van der Waals surface area (Å²) in [5.41, 5.74) is 7.49. The molecule has 2 rings (SSSR count). The van der Waals surface area contributed by atoms with E-state index in [0.29, 0.717) is 5.69 Å². The number of nitrogens with two attached hydrogens (primary N) is 1. The van der Waals surface area contributed by atoms with Gasteiger partial charge in [-0.15, -0.1) is 5.10 Å². The summed E-state index contributed by atoms with van der Waals surface area (Å²) < 4.78 is 19.4. The Morgan fingerprint density at radius 1 is 1.43 bits per heavy atom. The summed E-state index contributed by atoms with van der Waals surface area (Å²) in [6.07, 6.45) is 1.05. The van der Waals surface area contributed by atoms with E-state index < -0.39 is 18.8 Å². The summed E-state index contributed by atoms with van der Waals surface area (Å²) in [7, 11) is 1.49. The monoisotopic (exact) mass is 292 g/mol. The lowest BCUT2D eigenvalue weighted by Gasteiger charge is -2.20. The smallest absolute Gasteiger partial charge is 0.181 e. The van der Waals surface area contributed by atoms with E-state index in [4.69, 9.17) is 10.5 Å². The van der Waals surface area contributed by atoms with E-state index in [1.807, 2.05) is 0 Å². The molecule has 6 nitrogen and oxygen atoms in total.